The highest BCUT2D eigenvalue weighted by Gasteiger charge is 2.42. The molecule has 0 unspecified atom stereocenters. The van der Waals surface area contributed by atoms with E-state index in [-0.39, 0.29) is 19.1 Å². The highest BCUT2D eigenvalue weighted by Crippen LogP contribution is 2.37. The van der Waals surface area contributed by atoms with E-state index in [9.17, 15) is 19.8 Å². The Kier molecular flexibility index (Phi) is 8.64. The highest BCUT2D eigenvalue weighted by molar-refractivity contribution is 9.10. The van der Waals surface area contributed by atoms with Crippen LogP contribution in [0.25, 0.3) is 0 Å². The molecule has 0 spiro atoms. The van der Waals surface area contributed by atoms with Gasteiger partial charge in [0, 0.05) is 29.4 Å². The van der Waals surface area contributed by atoms with Gasteiger partial charge in [-0.25, -0.2) is 9.78 Å². The molecule has 1 aromatic carbocycles. The van der Waals surface area contributed by atoms with Gasteiger partial charge in [-0.2, -0.15) is 0 Å². The van der Waals surface area contributed by atoms with Crippen molar-refractivity contribution in [3.63, 3.8) is 0 Å². The Hall–Kier alpha value is -2.49. The van der Waals surface area contributed by atoms with E-state index in [0.29, 0.717) is 11.5 Å². The molecule has 194 valence electrons. The Morgan fingerprint density at radius 1 is 1.25 bits per heavy atom. The second-order valence-corrected chi connectivity index (χ2v) is 10.7. The van der Waals surface area contributed by atoms with Crippen molar-refractivity contribution in [1.29, 1.82) is 0 Å². The molecule has 4 rings (SSSR count). The van der Waals surface area contributed by atoms with Gasteiger partial charge < -0.3 is 20.4 Å². The molecule has 2 heterocycles. The van der Waals surface area contributed by atoms with Crippen molar-refractivity contribution >= 4 is 33.7 Å². The second-order valence-electron chi connectivity index (χ2n) is 9.84. The first-order chi connectivity index (χ1) is 17.3. The lowest BCUT2D eigenvalue weighted by atomic mass is 9.76. The van der Waals surface area contributed by atoms with Gasteiger partial charge in [0.25, 0.3) is 0 Å². The van der Waals surface area contributed by atoms with E-state index in [1.165, 1.54) is 10.6 Å². The van der Waals surface area contributed by atoms with Crippen LogP contribution in [0.4, 0.5) is 5.82 Å². The molecule has 3 N–H and O–H groups in total. The van der Waals surface area contributed by atoms with Gasteiger partial charge in [0.15, 0.2) is 0 Å². The minimum absolute atomic E-state index is 0.0216. The van der Waals surface area contributed by atoms with E-state index in [2.05, 4.69) is 33.4 Å². The zero-order valence-electron chi connectivity index (χ0n) is 20.8. The van der Waals surface area contributed by atoms with Crippen LogP contribution in [0.5, 0.6) is 0 Å². The fourth-order valence-electron chi connectivity index (χ4n) is 5.16. The van der Waals surface area contributed by atoms with Crippen LogP contribution >= 0.6 is 15.9 Å². The average Bonchev–Trinajstić information content (AvgIpc) is 2.83. The minimum atomic E-state index is -1.12. The normalized spacial score (nSPS) is 19.7. The summed E-state index contributed by atoms with van der Waals surface area (Å²) in [5, 5.41) is 24.0. The van der Waals surface area contributed by atoms with E-state index < -0.39 is 18.0 Å². The molecule has 1 aromatic heterocycles. The molecule has 2 aromatic rings. The largest absolute Gasteiger partial charge is 0.480 e. The van der Waals surface area contributed by atoms with Crippen molar-refractivity contribution in [1.82, 2.24) is 10.0 Å². The number of aliphatic hydroxyl groups is 1. The fraction of sp³-hybridized carbons (Fsp3) is 0.519. The number of nitrogens with one attached hydrogen (secondary N) is 1. The summed E-state index contributed by atoms with van der Waals surface area (Å²) < 4.78 is 0.784. The quantitative estimate of drug-likeness (QED) is 0.366. The molecular formula is C27H34BrN3O5. The van der Waals surface area contributed by atoms with E-state index in [4.69, 9.17) is 9.82 Å². The van der Waals surface area contributed by atoms with Crippen molar-refractivity contribution in [2.45, 2.75) is 70.9 Å². The Bertz CT molecular complexity index is 1120. The number of aryl methyl sites for hydroxylation is 3. The van der Waals surface area contributed by atoms with Crippen molar-refractivity contribution in [3.8, 4) is 0 Å². The van der Waals surface area contributed by atoms with Crippen molar-refractivity contribution in [3.05, 3.63) is 56.7 Å². The maximum Gasteiger partial charge on any atom is 0.357 e. The summed E-state index contributed by atoms with van der Waals surface area (Å²) in [5.74, 6) is -0.312. The summed E-state index contributed by atoms with van der Waals surface area (Å²) in [6.45, 7) is 4.30. The van der Waals surface area contributed by atoms with Gasteiger partial charge in [0.2, 0.25) is 0 Å². The third kappa shape index (κ3) is 5.90. The minimum Gasteiger partial charge on any atom is -0.480 e. The molecule has 1 atom stereocenters. The third-order valence-electron chi connectivity index (χ3n) is 7.33. The molecule has 8 nitrogen and oxygen atoms in total. The number of hydrogen-bond acceptors (Lipinski definition) is 7. The highest BCUT2D eigenvalue weighted by atomic mass is 79.9. The van der Waals surface area contributed by atoms with Crippen molar-refractivity contribution in [2.24, 2.45) is 5.92 Å². The zero-order chi connectivity index (χ0) is 25.8. The maximum absolute atomic E-state index is 13.2. The standard InChI is InChI=1S/C27H34BrN3O5/c1-16-5-10-22(28)17(2)24(16)27(35)36-31(23(11-13-32)26(33)34)21-14-18(15-21)6-8-20-9-7-19-4-3-12-29-25(19)30-20/h5,7,9-10,18,21,23,32H,3-4,6,8,11-15H2,1-2H3,(H,29,30)(H,33,34)/t18?,21?,23-/m0/s1. The molecule has 0 saturated heterocycles. The van der Waals surface area contributed by atoms with Gasteiger partial charge in [-0.05, 0) is 93.5 Å². The Labute approximate surface area is 220 Å². The van der Waals surface area contributed by atoms with Gasteiger partial charge in [0.05, 0.1) is 5.56 Å². The molecule has 9 heteroatoms. The molecule has 2 aliphatic rings. The number of halogens is 1. The van der Waals surface area contributed by atoms with Gasteiger partial charge in [-0.3, -0.25) is 4.79 Å². The second kappa shape index (κ2) is 11.7. The number of rotatable bonds is 10. The number of carbonyl (C=O) groups excluding carboxylic acids is 1. The number of aliphatic hydroxyl groups excluding tert-OH is 1. The number of aromatic nitrogens is 1. The van der Waals surface area contributed by atoms with E-state index in [1.807, 2.05) is 26.0 Å². The van der Waals surface area contributed by atoms with Crippen LogP contribution in [-0.2, 0) is 22.5 Å². The van der Waals surface area contributed by atoms with Crippen molar-refractivity contribution < 1.29 is 24.6 Å². The van der Waals surface area contributed by atoms with Gasteiger partial charge >= 0.3 is 11.9 Å². The predicted octanol–water partition coefficient (Wildman–Crippen LogP) is 4.44. The molecule has 0 bridgehead atoms. The van der Waals surface area contributed by atoms with Crippen molar-refractivity contribution in [2.75, 3.05) is 18.5 Å². The number of hydroxylamine groups is 2. The first-order valence-corrected chi connectivity index (χ1v) is 13.4. The Morgan fingerprint density at radius 2 is 2.03 bits per heavy atom. The molecular weight excluding hydrogens is 526 g/mol. The molecule has 0 amide bonds. The number of carboxylic acid groups (broad SMARTS) is 1. The number of fused-ring (bicyclic) bond motifs is 1. The summed E-state index contributed by atoms with van der Waals surface area (Å²) in [4.78, 5) is 35.7. The van der Waals surface area contributed by atoms with Gasteiger partial charge in [-0.15, -0.1) is 5.06 Å². The molecule has 1 aliphatic heterocycles. The predicted molar refractivity (Wildman–Crippen MR) is 140 cm³/mol. The Morgan fingerprint density at radius 3 is 2.75 bits per heavy atom. The lowest BCUT2D eigenvalue weighted by Gasteiger charge is -2.43. The summed E-state index contributed by atoms with van der Waals surface area (Å²) in [7, 11) is 0. The number of benzene rings is 1. The summed E-state index contributed by atoms with van der Waals surface area (Å²) in [6.07, 6.45) is 5.41. The van der Waals surface area contributed by atoms with Crippen LogP contribution in [0.1, 0.15) is 64.8 Å². The van der Waals surface area contributed by atoms with E-state index in [0.717, 1.165) is 72.2 Å². The van der Waals surface area contributed by atoms with Crippen LogP contribution < -0.4 is 5.32 Å². The average molecular weight is 560 g/mol. The molecule has 1 saturated carbocycles. The maximum atomic E-state index is 13.2. The lowest BCUT2D eigenvalue weighted by Crippen LogP contribution is -2.53. The summed E-state index contributed by atoms with van der Waals surface area (Å²) in [5.41, 5.74) is 4.25. The van der Waals surface area contributed by atoms with Crippen LogP contribution in [0.2, 0.25) is 0 Å². The van der Waals surface area contributed by atoms with Crippen LogP contribution in [-0.4, -0.2) is 57.4 Å². The number of pyridine rings is 1. The zero-order valence-corrected chi connectivity index (χ0v) is 22.4. The number of carbonyl (C=O) groups is 2. The number of carboxylic acids is 1. The molecule has 36 heavy (non-hydrogen) atoms. The lowest BCUT2D eigenvalue weighted by molar-refractivity contribution is -0.204. The van der Waals surface area contributed by atoms with E-state index >= 15 is 0 Å². The Balaban J connectivity index is 1.42. The molecule has 1 fully saturated rings. The smallest absolute Gasteiger partial charge is 0.357 e. The summed E-state index contributed by atoms with van der Waals surface area (Å²) in [6, 6.07) is 6.63. The van der Waals surface area contributed by atoms with Crippen LogP contribution in [0, 0.1) is 19.8 Å². The van der Waals surface area contributed by atoms with E-state index in [1.54, 1.807) is 0 Å². The molecule has 1 aliphatic carbocycles. The number of nitrogens with zero attached hydrogens (tertiary/aromatic N) is 2. The van der Waals surface area contributed by atoms with Crippen LogP contribution in [0.15, 0.2) is 28.7 Å². The summed E-state index contributed by atoms with van der Waals surface area (Å²) >= 11 is 3.45. The van der Waals surface area contributed by atoms with Gasteiger partial charge in [0.1, 0.15) is 11.9 Å². The first kappa shape index (κ1) is 26.6. The molecule has 0 radical (unpaired) electrons. The van der Waals surface area contributed by atoms with Gasteiger partial charge in [-0.1, -0.05) is 28.1 Å². The number of hydrogen-bond donors (Lipinski definition) is 3. The van der Waals surface area contributed by atoms with Crippen LogP contribution in [0.3, 0.4) is 0 Å². The third-order valence-corrected chi connectivity index (χ3v) is 8.18. The number of anilines is 1. The topological polar surface area (TPSA) is 112 Å². The number of aliphatic carboxylic acids is 1. The monoisotopic (exact) mass is 559 g/mol. The first-order valence-electron chi connectivity index (χ1n) is 12.6. The fourth-order valence-corrected chi connectivity index (χ4v) is 5.49. The SMILES string of the molecule is Cc1ccc(Br)c(C)c1C(=O)ON(C1CC(CCc2ccc3c(n2)NCCC3)C1)[C@@H](CCO)C(=O)O.